The van der Waals surface area contributed by atoms with Crippen molar-refractivity contribution in [3.05, 3.63) is 29.8 Å². The predicted octanol–water partition coefficient (Wildman–Crippen LogP) is 1.97. The van der Waals surface area contributed by atoms with Gasteiger partial charge in [-0.3, -0.25) is 4.79 Å². The van der Waals surface area contributed by atoms with Crippen molar-refractivity contribution in [2.24, 2.45) is 0 Å². The second-order valence-corrected chi connectivity index (χ2v) is 8.27. The Kier molecular flexibility index (Phi) is 6.01. The Labute approximate surface area is 144 Å². The molecule has 1 heterocycles. The third-order valence-corrected chi connectivity index (χ3v) is 5.88. The minimum atomic E-state index is -3.57. The topological polar surface area (TPSA) is 66.9 Å². The van der Waals surface area contributed by atoms with Gasteiger partial charge in [-0.1, -0.05) is 6.92 Å². The second kappa shape index (κ2) is 7.63. The molecular formula is C17H26N2O4S. The minimum absolute atomic E-state index is 0.102. The summed E-state index contributed by atoms with van der Waals surface area (Å²) in [4.78, 5) is 14.1. The average molecular weight is 354 g/mol. The molecule has 2 rings (SSSR count). The van der Waals surface area contributed by atoms with Gasteiger partial charge in [0.05, 0.1) is 17.1 Å². The minimum Gasteiger partial charge on any atom is -0.373 e. The fourth-order valence-electron chi connectivity index (χ4n) is 2.90. The van der Waals surface area contributed by atoms with Crippen LogP contribution in [0.2, 0.25) is 0 Å². The first-order chi connectivity index (χ1) is 11.3. The summed E-state index contributed by atoms with van der Waals surface area (Å²) in [5.74, 6) is -0.102. The lowest BCUT2D eigenvalue weighted by molar-refractivity contribution is -0.0440. The van der Waals surface area contributed by atoms with Crippen LogP contribution in [0, 0.1) is 0 Å². The highest BCUT2D eigenvalue weighted by molar-refractivity contribution is 7.89. The first-order valence-corrected chi connectivity index (χ1v) is 9.70. The van der Waals surface area contributed by atoms with Gasteiger partial charge in [0.15, 0.2) is 0 Å². The summed E-state index contributed by atoms with van der Waals surface area (Å²) in [5.41, 5.74) is 0.494. The molecule has 0 aromatic heterocycles. The number of hydrogen-bond donors (Lipinski definition) is 0. The molecule has 1 saturated heterocycles. The lowest BCUT2D eigenvalue weighted by Crippen LogP contribution is -2.48. The van der Waals surface area contributed by atoms with Crippen molar-refractivity contribution < 1.29 is 17.9 Å². The molecule has 0 radical (unpaired) electrons. The summed E-state index contributed by atoms with van der Waals surface area (Å²) in [7, 11) is -1.83. The molecule has 0 saturated carbocycles. The summed E-state index contributed by atoms with van der Waals surface area (Å²) in [6.07, 6.45) is 0.612. The first kappa shape index (κ1) is 18.9. The Balaban J connectivity index is 2.19. The molecular weight excluding hydrogens is 328 g/mol. The van der Waals surface area contributed by atoms with Gasteiger partial charge in [-0.15, -0.1) is 0 Å². The molecule has 1 fully saturated rings. The van der Waals surface area contributed by atoms with E-state index in [1.807, 2.05) is 20.8 Å². The Morgan fingerprint density at radius 2 is 1.75 bits per heavy atom. The molecule has 2 atom stereocenters. The van der Waals surface area contributed by atoms with Crippen molar-refractivity contribution in [1.82, 2.24) is 9.21 Å². The van der Waals surface area contributed by atoms with Crippen LogP contribution < -0.4 is 0 Å². The van der Waals surface area contributed by atoms with Gasteiger partial charge in [-0.2, -0.15) is 4.31 Å². The maximum atomic E-state index is 12.8. The number of carbonyl (C=O) groups excluding carboxylic acids is 1. The van der Waals surface area contributed by atoms with Crippen molar-refractivity contribution in [2.45, 2.75) is 44.3 Å². The Bertz CT molecular complexity index is 662. The zero-order valence-corrected chi connectivity index (χ0v) is 15.5. The van der Waals surface area contributed by atoms with E-state index in [0.29, 0.717) is 25.2 Å². The number of hydrogen-bond acceptors (Lipinski definition) is 4. The number of nitrogens with zero attached hydrogens (tertiary/aromatic N) is 2. The molecule has 1 aromatic carbocycles. The lowest BCUT2D eigenvalue weighted by atomic mass is 10.2. The number of morpholine rings is 1. The van der Waals surface area contributed by atoms with E-state index in [0.717, 1.165) is 6.42 Å². The zero-order chi connectivity index (χ0) is 17.9. The molecule has 7 heteroatoms. The Hall–Kier alpha value is -1.44. The van der Waals surface area contributed by atoms with E-state index >= 15 is 0 Å². The van der Waals surface area contributed by atoms with Crippen LogP contribution in [0.4, 0.5) is 0 Å². The fourth-order valence-corrected chi connectivity index (χ4v) is 4.49. The van der Waals surface area contributed by atoms with Gasteiger partial charge in [0.1, 0.15) is 0 Å². The van der Waals surface area contributed by atoms with Gasteiger partial charge in [0, 0.05) is 32.2 Å². The Morgan fingerprint density at radius 1 is 1.21 bits per heavy atom. The van der Waals surface area contributed by atoms with Crippen LogP contribution in [0.25, 0.3) is 0 Å². The standard InChI is InChI=1S/C17H26N2O4S/c1-5-10-18(4)17(20)15-6-8-16(9-7-15)24(21,22)19-11-13(2)23-14(3)12-19/h6-9,13-14H,5,10-12H2,1-4H3. The van der Waals surface area contributed by atoms with Crippen LogP contribution in [0.15, 0.2) is 29.2 Å². The average Bonchev–Trinajstić information content (AvgIpc) is 2.53. The van der Waals surface area contributed by atoms with E-state index in [4.69, 9.17) is 4.74 Å². The molecule has 0 bridgehead atoms. The van der Waals surface area contributed by atoms with Gasteiger partial charge >= 0.3 is 0 Å². The molecule has 1 aliphatic heterocycles. The molecule has 1 amide bonds. The van der Waals surface area contributed by atoms with Crippen LogP contribution in [0.5, 0.6) is 0 Å². The van der Waals surface area contributed by atoms with E-state index in [1.54, 1.807) is 24.1 Å². The largest absolute Gasteiger partial charge is 0.373 e. The molecule has 1 aliphatic rings. The molecule has 1 aromatic rings. The molecule has 6 nitrogen and oxygen atoms in total. The maximum Gasteiger partial charge on any atom is 0.253 e. The van der Waals surface area contributed by atoms with Crippen LogP contribution in [0.3, 0.4) is 0 Å². The van der Waals surface area contributed by atoms with E-state index in [9.17, 15) is 13.2 Å². The van der Waals surface area contributed by atoms with Gasteiger partial charge in [0.2, 0.25) is 10.0 Å². The van der Waals surface area contributed by atoms with Crippen LogP contribution in [-0.2, 0) is 14.8 Å². The summed E-state index contributed by atoms with van der Waals surface area (Å²) in [6, 6.07) is 6.17. The number of benzene rings is 1. The number of rotatable bonds is 5. The summed E-state index contributed by atoms with van der Waals surface area (Å²) in [6.45, 7) is 7.08. The SMILES string of the molecule is CCCN(C)C(=O)c1ccc(S(=O)(=O)N2CC(C)OC(C)C2)cc1. The molecule has 24 heavy (non-hydrogen) atoms. The number of sulfonamides is 1. The van der Waals surface area contributed by atoms with Crippen LogP contribution >= 0.6 is 0 Å². The smallest absolute Gasteiger partial charge is 0.253 e. The normalized spacial score (nSPS) is 22.3. The summed E-state index contributed by atoms with van der Waals surface area (Å²) in [5, 5.41) is 0. The number of carbonyl (C=O) groups is 1. The van der Waals surface area contributed by atoms with E-state index in [1.165, 1.54) is 16.4 Å². The quantitative estimate of drug-likeness (QED) is 0.811. The lowest BCUT2D eigenvalue weighted by Gasteiger charge is -2.34. The highest BCUT2D eigenvalue weighted by Crippen LogP contribution is 2.21. The van der Waals surface area contributed by atoms with E-state index < -0.39 is 10.0 Å². The van der Waals surface area contributed by atoms with E-state index in [-0.39, 0.29) is 23.0 Å². The molecule has 0 aliphatic carbocycles. The zero-order valence-electron chi connectivity index (χ0n) is 14.7. The Morgan fingerprint density at radius 3 is 2.25 bits per heavy atom. The summed E-state index contributed by atoms with van der Waals surface area (Å²) < 4.78 is 32.6. The van der Waals surface area contributed by atoms with E-state index in [2.05, 4.69) is 0 Å². The third kappa shape index (κ3) is 4.15. The van der Waals surface area contributed by atoms with Crippen molar-refractivity contribution in [2.75, 3.05) is 26.7 Å². The van der Waals surface area contributed by atoms with Crippen molar-refractivity contribution in [3.63, 3.8) is 0 Å². The van der Waals surface area contributed by atoms with Crippen molar-refractivity contribution in [1.29, 1.82) is 0 Å². The monoisotopic (exact) mass is 354 g/mol. The fraction of sp³-hybridized carbons (Fsp3) is 0.588. The first-order valence-electron chi connectivity index (χ1n) is 8.26. The number of ether oxygens (including phenoxy) is 1. The predicted molar refractivity (Wildman–Crippen MR) is 92.5 cm³/mol. The van der Waals surface area contributed by atoms with Gasteiger partial charge in [-0.05, 0) is 44.5 Å². The van der Waals surface area contributed by atoms with Gasteiger partial charge < -0.3 is 9.64 Å². The number of amides is 1. The molecule has 134 valence electrons. The van der Waals surface area contributed by atoms with Crippen LogP contribution in [0.1, 0.15) is 37.6 Å². The summed E-state index contributed by atoms with van der Waals surface area (Å²) >= 11 is 0. The molecule has 0 spiro atoms. The van der Waals surface area contributed by atoms with Crippen LogP contribution in [-0.4, -0.2) is 62.4 Å². The second-order valence-electron chi connectivity index (χ2n) is 6.33. The van der Waals surface area contributed by atoms with Crippen molar-refractivity contribution >= 4 is 15.9 Å². The van der Waals surface area contributed by atoms with Gasteiger partial charge in [0.25, 0.3) is 5.91 Å². The third-order valence-electron chi connectivity index (χ3n) is 4.03. The molecule has 0 N–H and O–H groups in total. The highest BCUT2D eigenvalue weighted by Gasteiger charge is 2.32. The van der Waals surface area contributed by atoms with Gasteiger partial charge in [-0.25, -0.2) is 8.42 Å². The maximum absolute atomic E-state index is 12.8. The highest BCUT2D eigenvalue weighted by atomic mass is 32.2. The van der Waals surface area contributed by atoms with Crippen molar-refractivity contribution in [3.8, 4) is 0 Å². The molecule has 2 unspecified atom stereocenters.